The predicted octanol–water partition coefficient (Wildman–Crippen LogP) is 3.06. The Morgan fingerprint density at radius 1 is 1.39 bits per heavy atom. The molecule has 0 spiro atoms. The van der Waals surface area contributed by atoms with Crippen LogP contribution in [0.25, 0.3) is 0 Å². The van der Waals surface area contributed by atoms with Gasteiger partial charge in [0.05, 0.1) is 0 Å². The minimum atomic E-state index is -3.77. The Labute approximate surface area is 115 Å². The van der Waals surface area contributed by atoms with Crippen molar-refractivity contribution >= 4 is 26.0 Å². The van der Waals surface area contributed by atoms with Crippen LogP contribution in [0.5, 0.6) is 0 Å². The van der Waals surface area contributed by atoms with Crippen molar-refractivity contribution in [2.24, 2.45) is 5.92 Å². The fraction of sp³-hybridized carbons (Fsp3) is 0.500. The maximum Gasteiger partial charge on any atom is 0.243 e. The van der Waals surface area contributed by atoms with Crippen molar-refractivity contribution in [2.75, 3.05) is 0 Å². The second-order valence-corrected chi connectivity index (χ2v) is 7.31. The van der Waals surface area contributed by atoms with Gasteiger partial charge in [-0.15, -0.1) is 0 Å². The molecule has 6 heteroatoms. The summed E-state index contributed by atoms with van der Waals surface area (Å²) in [7, 11) is -3.77. The quantitative estimate of drug-likeness (QED) is 0.922. The molecule has 0 aliphatic heterocycles. The molecular weight excluding hydrogens is 321 g/mol. The third-order valence-corrected chi connectivity index (χ3v) is 5.37. The number of nitrogens with one attached hydrogen (secondary N) is 1. The standard InChI is InChI=1S/C12H15BrFNO2S/c1-8-3-2-4-11(8)15-18(16,17)12-6-5-9(13)7-10(12)14/h5-8,11,15H,2-4H2,1H3. The van der Waals surface area contributed by atoms with Crippen LogP contribution in [-0.4, -0.2) is 14.5 Å². The summed E-state index contributed by atoms with van der Waals surface area (Å²) in [6.45, 7) is 2.01. The Balaban J connectivity index is 2.25. The van der Waals surface area contributed by atoms with Crippen LogP contribution in [0.1, 0.15) is 26.2 Å². The average Bonchev–Trinajstić information content (AvgIpc) is 2.63. The number of rotatable bonds is 3. The van der Waals surface area contributed by atoms with Crippen molar-refractivity contribution in [3.05, 3.63) is 28.5 Å². The van der Waals surface area contributed by atoms with Crippen molar-refractivity contribution < 1.29 is 12.8 Å². The number of hydrogen-bond donors (Lipinski definition) is 1. The fourth-order valence-electron chi connectivity index (χ4n) is 2.28. The molecule has 0 bridgehead atoms. The molecule has 100 valence electrons. The molecule has 1 aliphatic carbocycles. The zero-order valence-corrected chi connectivity index (χ0v) is 12.4. The van der Waals surface area contributed by atoms with E-state index in [4.69, 9.17) is 0 Å². The summed E-state index contributed by atoms with van der Waals surface area (Å²) in [6, 6.07) is 3.88. The van der Waals surface area contributed by atoms with Crippen LogP contribution in [0.4, 0.5) is 4.39 Å². The van der Waals surface area contributed by atoms with Crippen molar-refractivity contribution in [1.29, 1.82) is 0 Å². The fourth-order valence-corrected chi connectivity index (χ4v) is 4.05. The van der Waals surface area contributed by atoms with Gasteiger partial charge in [-0.2, -0.15) is 0 Å². The van der Waals surface area contributed by atoms with Crippen LogP contribution >= 0.6 is 15.9 Å². The second kappa shape index (κ2) is 5.27. The molecule has 1 fully saturated rings. The van der Waals surface area contributed by atoms with E-state index < -0.39 is 15.8 Å². The molecule has 1 aliphatic rings. The summed E-state index contributed by atoms with van der Waals surface area (Å²) in [6.07, 6.45) is 2.84. The molecule has 0 radical (unpaired) electrons. The minimum Gasteiger partial charge on any atom is -0.208 e. The monoisotopic (exact) mass is 335 g/mol. The maximum absolute atomic E-state index is 13.7. The van der Waals surface area contributed by atoms with Gasteiger partial charge in [0.1, 0.15) is 10.7 Å². The second-order valence-electron chi connectivity index (χ2n) is 4.71. The van der Waals surface area contributed by atoms with Gasteiger partial charge < -0.3 is 0 Å². The Bertz CT molecular complexity index is 547. The summed E-state index contributed by atoms with van der Waals surface area (Å²) in [4.78, 5) is -0.287. The highest BCUT2D eigenvalue weighted by Gasteiger charge is 2.29. The number of halogens is 2. The summed E-state index contributed by atoms with van der Waals surface area (Å²) in [5, 5.41) is 0. The van der Waals surface area contributed by atoms with E-state index in [1.165, 1.54) is 12.1 Å². The lowest BCUT2D eigenvalue weighted by Gasteiger charge is -2.17. The van der Waals surface area contributed by atoms with Gasteiger partial charge in [0.2, 0.25) is 10.0 Å². The van der Waals surface area contributed by atoms with Crippen LogP contribution in [0, 0.1) is 11.7 Å². The molecule has 18 heavy (non-hydrogen) atoms. The number of hydrogen-bond acceptors (Lipinski definition) is 2. The van der Waals surface area contributed by atoms with E-state index in [9.17, 15) is 12.8 Å². The lowest BCUT2D eigenvalue weighted by molar-refractivity contribution is 0.473. The molecule has 1 saturated carbocycles. The maximum atomic E-state index is 13.7. The van der Waals surface area contributed by atoms with E-state index in [0.717, 1.165) is 25.3 Å². The molecule has 3 nitrogen and oxygen atoms in total. The molecule has 1 aromatic rings. The molecule has 2 unspecified atom stereocenters. The first kappa shape index (κ1) is 14.0. The van der Waals surface area contributed by atoms with E-state index in [2.05, 4.69) is 20.7 Å². The first-order chi connectivity index (χ1) is 8.40. The summed E-state index contributed by atoms with van der Waals surface area (Å²) in [5.74, 6) is -0.430. The normalized spacial score (nSPS) is 24.4. The number of benzene rings is 1. The Hall–Kier alpha value is -0.460. The van der Waals surface area contributed by atoms with Crippen LogP contribution in [0.15, 0.2) is 27.6 Å². The van der Waals surface area contributed by atoms with Gasteiger partial charge in [-0.25, -0.2) is 17.5 Å². The largest absolute Gasteiger partial charge is 0.243 e. The summed E-state index contributed by atoms with van der Waals surface area (Å²) >= 11 is 3.11. The molecule has 1 N–H and O–H groups in total. The average molecular weight is 336 g/mol. The van der Waals surface area contributed by atoms with Crippen LogP contribution in [-0.2, 0) is 10.0 Å². The Morgan fingerprint density at radius 3 is 2.67 bits per heavy atom. The third kappa shape index (κ3) is 2.92. The Morgan fingerprint density at radius 2 is 2.11 bits per heavy atom. The van der Waals surface area contributed by atoms with Crippen molar-refractivity contribution in [2.45, 2.75) is 37.1 Å². The smallest absolute Gasteiger partial charge is 0.208 e. The summed E-state index contributed by atoms with van der Waals surface area (Å²) < 4.78 is 41.0. The first-order valence-electron chi connectivity index (χ1n) is 5.87. The van der Waals surface area contributed by atoms with Gasteiger partial charge in [0.15, 0.2) is 0 Å². The molecule has 0 heterocycles. The molecule has 1 aromatic carbocycles. The molecule has 0 amide bonds. The van der Waals surface area contributed by atoms with E-state index >= 15 is 0 Å². The van der Waals surface area contributed by atoms with Gasteiger partial charge >= 0.3 is 0 Å². The zero-order valence-electron chi connectivity index (χ0n) is 9.99. The molecule has 2 atom stereocenters. The number of sulfonamides is 1. The highest BCUT2D eigenvalue weighted by Crippen LogP contribution is 2.27. The van der Waals surface area contributed by atoms with Gasteiger partial charge in [-0.05, 0) is 37.0 Å². The van der Waals surface area contributed by atoms with Crippen LogP contribution in [0.3, 0.4) is 0 Å². The van der Waals surface area contributed by atoms with E-state index in [1.807, 2.05) is 6.92 Å². The zero-order chi connectivity index (χ0) is 13.3. The topological polar surface area (TPSA) is 46.2 Å². The molecule has 0 aromatic heterocycles. The summed E-state index contributed by atoms with van der Waals surface area (Å²) in [5.41, 5.74) is 0. The third-order valence-electron chi connectivity index (χ3n) is 3.35. The van der Waals surface area contributed by atoms with Crippen molar-refractivity contribution in [3.63, 3.8) is 0 Å². The first-order valence-corrected chi connectivity index (χ1v) is 8.15. The van der Waals surface area contributed by atoms with Gasteiger partial charge in [0, 0.05) is 10.5 Å². The SMILES string of the molecule is CC1CCCC1NS(=O)(=O)c1ccc(Br)cc1F. The van der Waals surface area contributed by atoms with Crippen molar-refractivity contribution in [1.82, 2.24) is 4.72 Å². The van der Waals surface area contributed by atoms with Gasteiger partial charge in [-0.3, -0.25) is 0 Å². The highest BCUT2D eigenvalue weighted by molar-refractivity contribution is 9.10. The minimum absolute atomic E-state index is 0.0851. The lowest BCUT2D eigenvalue weighted by Crippen LogP contribution is -2.36. The van der Waals surface area contributed by atoms with Crippen LogP contribution in [0.2, 0.25) is 0 Å². The van der Waals surface area contributed by atoms with Gasteiger partial charge in [-0.1, -0.05) is 29.3 Å². The van der Waals surface area contributed by atoms with E-state index in [0.29, 0.717) is 10.4 Å². The predicted molar refractivity (Wildman–Crippen MR) is 71.2 cm³/mol. The van der Waals surface area contributed by atoms with Crippen molar-refractivity contribution in [3.8, 4) is 0 Å². The Kier molecular flexibility index (Phi) is 4.08. The van der Waals surface area contributed by atoms with Crippen LogP contribution < -0.4 is 4.72 Å². The van der Waals surface area contributed by atoms with E-state index in [1.54, 1.807) is 0 Å². The van der Waals surface area contributed by atoms with Gasteiger partial charge in [0.25, 0.3) is 0 Å². The highest BCUT2D eigenvalue weighted by atomic mass is 79.9. The van der Waals surface area contributed by atoms with E-state index in [-0.39, 0.29) is 10.9 Å². The molecule has 2 rings (SSSR count). The molecular formula is C12H15BrFNO2S. The lowest BCUT2D eigenvalue weighted by atomic mass is 10.1. The molecule has 0 saturated heterocycles.